The van der Waals surface area contributed by atoms with Crippen LogP contribution in [0.1, 0.15) is 42.3 Å². The molecule has 2 aromatic rings. The van der Waals surface area contributed by atoms with E-state index in [9.17, 15) is 14.9 Å². The van der Waals surface area contributed by atoms with Gasteiger partial charge in [-0.3, -0.25) is 14.9 Å². The minimum atomic E-state index is -0.528. The van der Waals surface area contributed by atoms with E-state index in [2.05, 4.69) is 26.8 Å². The third-order valence-electron chi connectivity index (χ3n) is 5.02. The van der Waals surface area contributed by atoms with Crippen LogP contribution in [0.3, 0.4) is 0 Å². The molecule has 1 aliphatic rings. The predicted molar refractivity (Wildman–Crippen MR) is 112 cm³/mol. The molecule has 148 valence electrons. The molecule has 0 spiro atoms. The Kier molecular flexibility index (Phi) is 5.39. The number of nitrogens with zero attached hydrogens (tertiary/aromatic N) is 2. The third kappa shape index (κ3) is 3.58. The van der Waals surface area contributed by atoms with E-state index in [1.807, 2.05) is 18.4 Å². The maximum Gasteiger partial charge on any atom is 0.285 e. The van der Waals surface area contributed by atoms with Crippen LogP contribution in [-0.4, -0.2) is 30.7 Å². The molecule has 6 nitrogen and oxygen atoms in total. The molecule has 0 fully saturated rings. The maximum absolute atomic E-state index is 13.3. The smallest absolute Gasteiger partial charge is 0.285 e. The fourth-order valence-electron chi connectivity index (χ4n) is 3.42. The first-order valence-corrected chi connectivity index (χ1v) is 10.3. The average Bonchev–Trinajstić information content (AvgIpc) is 3.08. The Hall–Kier alpha value is -2.54. The molecular formula is C21H24N2O4S. The minimum Gasteiger partial charge on any atom is -0.495 e. The zero-order valence-corrected chi connectivity index (χ0v) is 17.6. The summed E-state index contributed by atoms with van der Waals surface area (Å²) in [5.41, 5.74) is 3.01. The first kappa shape index (κ1) is 20.2. The molecule has 1 amide bonds. The number of nitro benzene ring substituents is 1. The highest BCUT2D eigenvalue weighted by atomic mass is 32.2. The van der Waals surface area contributed by atoms with Crippen LogP contribution >= 0.6 is 11.8 Å². The van der Waals surface area contributed by atoms with E-state index in [1.165, 1.54) is 30.5 Å². The van der Waals surface area contributed by atoms with Crippen LogP contribution in [-0.2, 0) is 11.8 Å². The number of benzene rings is 2. The van der Waals surface area contributed by atoms with Crippen LogP contribution in [0.15, 0.2) is 35.2 Å². The van der Waals surface area contributed by atoms with Gasteiger partial charge in [0.1, 0.15) is 11.3 Å². The highest BCUT2D eigenvalue weighted by molar-refractivity contribution is 7.98. The Bertz CT molecular complexity index is 950. The SMILES string of the molecule is COc1cc([N+](=O)[O-])c(C(=O)N2CCc3cc(C(C)(C)C)ccc32)cc1SC. The summed E-state index contributed by atoms with van der Waals surface area (Å²) in [5, 5.41) is 11.6. The molecule has 0 atom stereocenters. The number of carbonyl (C=O) groups is 1. The van der Waals surface area contributed by atoms with E-state index in [1.54, 1.807) is 11.0 Å². The zero-order chi connectivity index (χ0) is 20.6. The van der Waals surface area contributed by atoms with Crippen molar-refractivity contribution < 1.29 is 14.5 Å². The lowest BCUT2D eigenvalue weighted by atomic mass is 9.86. The lowest BCUT2D eigenvalue weighted by molar-refractivity contribution is -0.385. The van der Waals surface area contributed by atoms with Crippen molar-refractivity contribution in [3.63, 3.8) is 0 Å². The number of rotatable bonds is 4. The highest BCUT2D eigenvalue weighted by Crippen LogP contribution is 2.38. The van der Waals surface area contributed by atoms with Crippen LogP contribution in [0.2, 0.25) is 0 Å². The van der Waals surface area contributed by atoms with Crippen LogP contribution in [0.5, 0.6) is 5.75 Å². The second-order valence-corrected chi connectivity index (χ2v) is 8.63. The number of anilines is 1. The molecule has 7 heteroatoms. The van der Waals surface area contributed by atoms with Crippen molar-refractivity contribution in [3.8, 4) is 5.75 Å². The molecular weight excluding hydrogens is 376 g/mol. The van der Waals surface area contributed by atoms with E-state index < -0.39 is 4.92 Å². The average molecular weight is 401 g/mol. The molecule has 0 bridgehead atoms. The van der Waals surface area contributed by atoms with Gasteiger partial charge in [-0.2, -0.15) is 0 Å². The molecule has 0 saturated carbocycles. The number of nitro groups is 1. The fourth-order valence-corrected chi connectivity index (χ4v) is 3.99. The van der Waals surface area contributed by atoms with Crippen molar-refractivity contribution in [3.05, 3.63) is 57.1 Å². The highest BCUT2D eigenvalue weighted by Gasteiger charge is 2.32. The van der Waals surface area contributed by atoms with Crippen molar-refractivity contribution in [2.75, 3.05) is 24.8 Å². The van der Waals surface area contributed by atoms with Gasteiger partial charge in [-0.05, 0) is 41.4 Å². The molecule has 0 aromatic heterocycles. The van der Waals surface area contributed by atoms with Crippen LogP contribution < -0.4 is 9.64 Å². The van der Waals surface area contributed by atoms with Gasteiger partial charge in [0.15, 0.2) is 0 Å². The molecule has 1 aliphatic heterocycles. The Labute approximate surface area is 169 Å². The van der Waals surface area contributed by atoms with Gasteiger partial charge >= 0.3 is 0 Å². The van der Waals surface area contributed by atoms with Gasteiger partial charge in [0.2, 0.25) is 0 Å². The van der Waals surface area contributed by atoms with Gasteiger partial charge in [0.25, 0.3) is 11.6 Å². The number of amides is 1. The molecule has 0 aliphatic carbocycles. The number of fused-ring (bicyclic) bond motifs is 1. The minimum absolute atomic E-state index is 0.0223. The summed E-state index contributed by atoms with van der Waals surface area (Å²) in [6, 6.07) is 9.01. The number of hydrogen-bond donors (Lipinski definition) is 0. The Morgan fingerprint density at radius 1 is 1.25 bits per heavy atom. The van der Waals surface area contributed by atoms with Gasteiger partial charge in [-0.15, -0.1) is 11.8 Å². The van der Waals surface area contributed by atoms with Crippen LogP contribution in [0, 0.1) is 10.1 Å². The summed E-state index contributed by atoms with van der Waals surface area (Å²) in [4.78, 5) is 26.6. The summed E-state index contributed by atoms with van der Waals surface area (Å²) in [7, 11) is 1.46. The molecule has 2 aromatic carbocycles. The van der Waals surface area contributed by atoms with Crippen molar-refractivity contribution in [1.82, 2.24) is 0 Å². The molecule has 3 rings (SSSR count). The molecule has 0 radical (unpaired) electrons. The monoisotopic (exact) mass is 400 g/mol. The topological polar surface area (TPSA) is 72.7 Å². The van der Waals surface area contributed by atoms with Crippen LogP contribution in [0.25, 0.3) is 0 Å². The third-order valence-corrected chi connectivity index (χ3v) is 5.77. The van der Waals surface area contributed by atoms with E-state index >= 15 is 0 Å². The Morgan fingerprint density at radius 2 is 1.96 bits per heavy atom. The van der Waals surface area contributed by atoms with Crippen LogP contribution in [0.4, 0.5) is 11.4 Å². The summed E-state index contributed by atoms with van der Waals surface area (Å²) in [6.07, 6.45) is 2.58. The number of hydrogen-bond acceptors (Lipinski definition) is 5. The Morgan fingerprint density at radius 3 is 2.54 bits per heavy atom. The summed E-state index contributed by atoms with van der Waals surface area (Å²) in [6.45, 7) is 6.96. The van der Waals surface area contributed by atoms with Crippen molar-refractivity contribution in [1.29, 1.82) is 0 Å². The number of carbonyl (C=O) groups excluding carboxylic acids is 1. The lowest BCUT2D eigenvalue weighted by Gasteiger charge is -2.22. The molecule has 0 N–H and O–H groups in total. The van der Waals surface area contributed by atoms with E-state index in [4.69, 9.17) is 4.74 Å². The van der Waals surface area contributed by atoms with E-state index in [0.717, 1.165) is 17.7 Å². The van der Waals surface area contributed by atoms with Crippen molar-refractivity contribution >= 4 is 29.0 Å². The van der Waals surface area contributed by atoms with Crippen molar-refractivity contribution in [2.24, 2.45) is 0 Å². The van der Waals surface area contributed by atoms with Gasteiger partial charge in [-0.25, -0.2) is 0 Å². The molecule has 0 saturated heterocycles. The normalized spacial score (nSPS) is 13.4. The largest absolute Gasteiger partial charge is 0.495 e. The van der Waals surface area contributed by atoms with E-state index in [-0.39, 0.29) is 22.6 Å². The predicted octanol–water partition coefficient (Wildman–Crippen LogP) is 4.83. The van der Waals surface area contributed by atoms with Gasteiger partial charge < -0.3 is 9.64 Å². The standard InChI is InChI=1S/C21H24N2O4S/c1-21(2,3)14-6-7-16-13(10-14)8-9-22(16)20(24)15-11-19(28-5)18(27-4)12-17(15)23(25)26/h6-7,10-12H,8-9H2,1-5H3. The molecule has 28 heavy (non-hydrogen) atoms. The summed E-state index contributed by atoms with van der Waals surface area (Å²) in [5.74, 6) is 0.0410. The first-order valence-electron chi connectivity index (χ1n) is 9.03. The molecule has 0 unspecified atom stereocenters. The van der Waals surface area contributed by atoms with Gasteiger partial charge in [-0.1, -0.05) is 32.9 Å². The van der Waals surface area contributed by atoms with Crippen molar-refractivity contribution in [2.45, 2.75) is 37.5 Å². The number of ether oxygens (including phenoxy) is 1. The van der Waals surface area contributed by atoms with E-state index in [0.29, 0.717) is 17.2 Å². The first-order chi connectivity index (χ1) is 13.2. The fraction of sp³-hybridized carbons (Fsp3) is 0.381. The lowest BCUT2D eigenvalue weighted by Crippen LogP contribution is -2.29. The summed E-state index contributed by atoms with van der Waals surface area (Å²) < 4.78 is 5.24. The number of thioether (sulfide) groups is 1. The quantitative estimate of drug-likeness (QED) is 0.418. The Balaban J connectivity index is 2.04. The second kappa shape index (κ2) is 7.47. The number of methoxy groups -OCH3 is 1. The maximum atomic E-state index is 13.3. The van der Waals surface area contributed by atoms with Gasteiger partial charge in [0.05, 0.1) is 23.0 Å². The van der Waals surface area contributed by atoms with Gasteiger partial charge in [0, 0.05) is 12.2 Å². The summed E-state index contributed by atoms with van der Waals surface area (Å²) >= 11 is 1.39. The second-order valence-electron chi connectivity index (χ2n) is 7.78. The molecule has 1 heterocycles. The zero-order valence-electron chi connectivity index (χ0n) is 16.7.